The molecule has 1 saturated heterocycles. The number of nitrogens with zero attached hydrogens (tertiary/aromatic N) is 1. The van der Waals surface area contributed by atoms with Gasteiger partial charge in [0.2, 0.25) is 0 Å². The van der Waals surface area contributed by atoms with Crippen LogP contribution in [0.4, 0.5) is 0 Å². The van der Waals surface area contributed by atoms with Crippen molar-refractivity contribution in [2.75, 3.05) is 19.7 Å². The highest BCUT2D eigenvalue weighted by molar-refractivity contribution is 9.10. The normalized spacial score (nSPS) is 26.9. The molecule has 110 valence electrons. The van der Waals surface area contributed by atoms with Gasteiger partial charge in [-0.2, -0.15) is 0 Å². The highest BCUT2D eigenvalue weighted by Crippen LogP contribution is 2.33. The van der Waals surface area contributed by atoms with Crippen LogP contribution in [-0.4, -0.2) is 42.7 Å². The predicted octanol–water partition coefficient (Wildman–Crippen LogP) is 3.04. The molecule has 2 aliphatic rings. The highest BCUT2D eigenvalue weighted by atomic mass is 79.9. The number of ether oxygens (including phenoxy) is 1. The van der Waals surface area contributed by atoms with Crippen LogP contribution in [0, 0.1) is 0 Å². The van der Waals surface area contributed by atoms with Crippen molar-refractivity contribution in [1.29, 1.82) is 0 Å². The molecule has 2 atom stereocenters. The second-order valence-corrected chi connectivity index (χ2v) is 6.88. The molecule has 4 heteroatoms. The molecule has 1 aliphatic carbocycles. The minimum Gasteiger partial charge on any atom is -0.492 e. The molecule has 1 aliphatic heterocycles. The van der Waals surface area contributed by atoms with E-state index in [-0.39, 0.29) is 0 Å². The summed E-state index contributed by atoms with van der Waals surface area (Å²) in [5, 5.41) is 3.63. The number of benzene rings is 1. The second kappa shape index (κ2) is 6.46. The molecule has 0 bridgehead atoms. The summed E-state index contributed by atoms with van der Waals surface area (Å²) in [4.78, 5) is 2.67. The Hall–Kier alpha value is -0.580. The zero-order chi connectivity index (χ0) is 13.9. The molecule has 1 aromatic rings. The number of nitrogens with one attached hydrogen (secondary N) is 1. The molecule has 0 unspecified atom stereocenters. The van der Waals surface area contributed by atoms with Gasteiger partial charge in [-0.25, -0.2) is 0 Å². The lowest BCUT2D eigenvalue weighted by Crippen LogP contribution is -2.36. The third-order valence-electron chi connectivity index (χ3n) is 4.26. The first-order valence-electron chi connectivity index (χ1n) is 7.60. The van der Waals surface area contributed by atoms with Crippen molar-refractivity contribution in [2.24, 2.45) is 0 Å². The topological polar surface area (TPSA) is 24.5 Å². The zero-order valence-electron chi connectivity index (χ0n) is 12.0. The van der Waals surface area contributed by atoms with E-state index in [9.17, 15) is 0 Å². The molecular weight excluding hydrogens is 316 g/mol. The van der Waals surface area contributed by atoms with Gasteiger partial charge in [-0.3, -0.25) is 4.90 Å². The number of likely N-dealkylation sites (tertiary alicyclic amines) is 1. The smallest absolute Gasteiger partial charge is 0.119 e. The highest BCUT2D eigenvalue weighted by Gasteiger charge is 2.38. The molecule has 0 amide bonds. The van der Waals surface area contributed by atoms with E-state index >= 15 is 0 Å². The first-order valence-corrected chi connectivity index (χ1v) is 8.39. The zero-order valence-corrected chi connectivity index (χ0v) is 13.6. The Morgan fingerprint density at radius 3 is 2.75 bits per heavy atom. The van der Waals surface area contributed by atoms with E-state index in [1.165, 1.54) is 25.8 Å². The summed E-state index contributed by atoms with van der Waals surface area (Å²) in [6, 6.07) is 10.3. The Kier molecular flexibility index (Phi) is 4.64. The standard InChI is InChI=1S/C16H23BrN2O/c1-12-10-14(11-19(12)15-4-5-15)18-8-9-20-16-6-2-13(17)3-7-16/h2-3,6-7,12,14-15,18H,4-5,8-11H2,1H3/t12-,14+/m1/s1. The van der Waals surface area contributed by atoms with E-state index in [2.05, 4.69) is 33.1 Å². The number of rotatable bonds is 6. The average molecular weight is 339 g/mol. The Morgan fingerprint density at radius 1 is 1.30 bits per heavy atom. The summed E-state index contributed by atoms with van der Waals surface area (Å²) in [6.07, 6.45) is 4.09. The van der Waals surface area contributed by atoms with Gasteiger partial charge in [0.25, 0.3) is 0 Å². The monoisotopic (exact) mass is 338 g/mol. The maximum atomic E-state index is 5.74. The fraction of sp³-hybridized carbons (Fsp3) is 0.625. The van der Waals surface area contributed by atoms with Crippen molar-refractivity contribution < 1.29 is 4.74 Å². The number of hydrogen-bond acceptors (Lipinski definition) is 3. The fourth-order valence-corrected chi connectivity index (χ4v) is 3.35. The maximum Gasteiger partial charge on any atom is 0.119 e. The molecule has 2 fully saturated rings. The van der Waals surface area contributed by atoms with Gasteiger partial charge in [0, 0.05) is 35.7 Å². The molecule has 1 aromatic carbocycles. The van der Waals surface area contributed by atoms with E-state index in [4.69, 9.17) is 4.74 Å². The summed E-state index contributed by atoms with van der Waals surface area (Å²) in [7, 11) is 0. The Labute approximate surface area is 129 Å². The molecule has 3 rings (SSSR count). The van der Waals surface area contributed by atoms with Crippen LogP contribution in [0.5, 0.6) is 5.75 Å². The van der Waals surface area contributed by atoms with Crippen LogP contribution in [0.15, 0.2) is 28.7 Å². The average Bonchev–Trinajstić information content (AvgIpc) is 3.21. The minimum atomic E-state index is 0.638. The summed E-state index contributed by atoms with van der Waals surface area (Å²) in [5.41, 5.74) is 0. The van der Waals surface area contributed by atoms with Crippen LogP contribution in [0.3, 0.4) is 0 Å². The van der Waals surface area contributed by atoms with Crippen LogP contribution < -0.4 is 10.1 Å². The van der Waals surface area contributed by atoms with Crippen molar-refractivity contribution in [3.05, 3.63) is 28.7 Å². The van der Waals surface area contributed by atoms with Crippen molar-refractivity contribution in [1.82, 2.24) is 10.2 Å². The predicted molar refractivity (Wildman–Crippen MR) is 85.2 cm³/mol. The van der Waals surface area contributed by atoms with Crippen molar-refractivity contribution >= 4 is 15.9 Å². The van der Waals surface area contributed by atoms with Gasteiger partial charge < -0.3 is 10.1 Å². The molecule has 0 radical (unpaired) electrons. The Bertz CT molecular complexity index is 433. The summed E-state index contributed by atoms with van der Waals surface area (Å²) < 4.78 is 6.82. The third-order valence-corrected chi connectivity index (χ3v) is 4.78. The summed E-state index contributed by atoms with van der Waals surface area (Å²) >= 11 is 3.43. The van der Waals surface area contributed by atoms with Crippen LogP contribution in [0.2, 0.25) is 0 Å². The van der Waals surface area contributed by atoms with E-state index in [0.29, 0.717) is 6.04 Å². The molecule has 20 heavy (non-hydrogen) atoms. The van der Waals surface area contributed by atoms with Gasteiger partial charge >= 0.3 is 0 Å². The van der Waals surface area contributed by atoms with Gasteiger partial charge in [-0.15, -0.1) is 0 Å². The lowest BCUT2D eigenvalue weighted by atomic mass is 10.2. The fourth-order valence-electron chi connectivity index (χ4n) is 3.08. The van der Waals surface area contributed by atoms with E-state index < -0.39 is 0 Å². The van der Waals surface area contributed by atoms with Gasteiger partial charge in [0.15, 0.2) is 0 Å². The first kappa shape index (κ1) is 14.4. The molecular formula is C16H23BrN2O. The van der Waals surface area contributed by atoms with Gasteiger partial charge in [0.05, 0.1) is 0 Å². The maximum absolute atomic E-state index is 5.74. The summed E-state index contributed by atoms with van der Waals surface area (Å²) in [6.45, 7) is 5.23. The molecule has 1 heterocycles. The van der Waals surface area contributed by atoms with Crippen LogP contribution in [0.25, 0.3) is 0 Å². The molecule has 0 aromatic heterocycles. The lowest BCUT2D eigenvalue weighted by molar-refractivity contribution is 0.253. The van der Waals surface area contributed by atoms with Gasteiger partial charge in [0.1, 0.15) is 12.4 Å². The van der Waals surface area contributed by atoms with Crippen molar-refractivity contribution in [3.63, 3.8) is 0 Å². The van der Waals surface area contributed by atoms with E-state index in [1.807, 2.05) is 24.3 Å². The summed E-state index contributed by atoms with van der Waals surface area (Å²) in [5.74, 6) is 0.939. The van der Waals surface area contributed by atoms with E-state index in [0.717, 1.165) is 35.5 Å². The van der Waals surface area contributed by atoms with Crippen molar-refractivity contribution in [2.45, 2.75) is 44.3 Å². The molecule has 1 saturated carbocycles. The SMILES string of the molecule is C[C@@H]1C[C@H](NCCOc2ccc(Br)cc2)CN1C1CC1. The van der Waals surface area contributed by atoms with Crippen LogP contribution in [0.1, 0.15) is 26.2 Å². The molecule has 3 nitrogen and oxygen atoms in total. The second-order valence-electron chi connectivity index (χ2n) is 5.97. The number of hydrogen-bond donors (Lipinski definition) is 1. The quantitative estimate of drug-likeness (QED) is 0.807. The third kappa shape index (κ3) is 3.74. The largest absolute Gasteiger partial charge is 0.492 e. The number of halogens is 1. The molecule has 0 spiro atoms. The Morgan fingerprint density at radius 2 is 2.05 bits per heavy atom. The minimum absolute atomic E-state index is 0.638. The van der Waals surface area contributed by atoms with Crippen LogP contribution >= 0.6 is 15.9 Å². The first-order chi connectivity index (χ1) is 9.72. The van der Waals surface area contributed by atoms with Crippen LogP contribution in [-0.2, 0) is 0 Å². The van der Waals surface area contributed by atoms with Crippen molar-refractivity contribution in [3.8, 4) is 5.75 Å². The van der Waals surface area contributed by atoms with Gasteiger partial charge in [-0.1, -0.05) is 15.9 Å². The van der Waals surface area contributed by atoms with Gasteiger partial charge in [-0.05, 0) is 50.5 Å². The van der Waals surface area contributed by atoms with E-state index in [1.54, 1.807) is 0 Å². The molecule has 1 N–H and O–H groups in total. The lowest BCUT2D eigenvalue weighted by Gasteiger charge is -2.19. The Balaban J connectivity index is 1.35.